The number of pyridine rings is 1. The monoisotopic (exact) mass is 420 g/mol. The Balaban J connectivity index is 2.88. The fourth-order valence-electron chi connectivity index (χ4n) is 2.88. The molecule has 2 rings (SSSR count). The highest BCUT2D eigenvalue weighted by Gasteiger charge is 2.28. The maximum absolute atomic E-state index is 12.8. The van der Waals surface area contributed by atoms with Crippen molar-refractivity contribution >= 4 is 29.3 Å². The average Bonchev–Trinajstić information content (AvgIpc) is 2.68. The van der Waals surface area contributed by atoms with Crippen LogP contribution in [0.15, 0.2) is 34.2 Å². The Morgan fingerprint density at radius 3 is 2.28 bits per heavy atom. The molecule has 29 heavy (non-hydrogen) atoms. The van der Waals surface area contributed by atoms with Gasteiger partial charge < -0.3 is 19.7 Å². The van der Waals surface area contributed by atoms with Crippen molar-refractivity contribution < 1.29 is 24.3 Å². The van der Waals surface area contributed by atoms with Crippen molar-refractivity contribution in [2.24, 2.45) is 5.16 Å². The Hall–Kier alpha value is -3.13. The van der Waals surface area contributed by atoms with Crippen LogP contribution < -0.4 is 5.56 Å². The largest absolute Gasteiger partial charge is 0.466 e. The number of esters is 2. The number of benzene rings is 1. The molecule has 0 bridgehead atoms. The van der Waals surface area contributed by atoms with E-state index in [9.17, 15) is 19.6 Å². The summed E-state index contributed by atoms with van der Waals surface area (Å²) in [7, 11) is 0. The van der Waals surface area contributed by atoms with Crippen LogP contribution in [0.5, 0.6) is 0 Å². The lowest BCUT2D eigenvalue weighted by Gasteiger charge is -2.17. The molecule has 0 unspecified atom stereocenters. The number of hydrogen-bond acceptors (Lipinski definition) is 7. The number of nitrogens with one attached hydrogen (secondary N) is 1. The van der Waals surface area contributed by atoms with Gasteiger partial charge in [0.1, 0.15) is 0 Å². The van der Waals surface area contributed by atoms with Crippen LogP contribution in [-0.4, -0.2) is 41.1 Å². The Morgan fingerprint density at radius 2 is 1.72 bits per heavy atom. The van der Waals surface area contributed by atoms with Crippen LogP contribution in [0.25, 0.3) is 11.3 Å². The Bertz CT molecular complexity index is 995. The zero-order valence-electron chi connectivity index (χ0n) is 16.2. The first-order valence-electron chi connectivity index (χ1n) is 8.90. The van der Waals surface area contributed by atoms with Gasteiger partial charge in [0.25, 0.3) is 5.56 Å². The second kappa shape index (κ2) is 9.88. The van der Waals surface area contributed by atoms with Gasteiger partial charge in [0.2, 0.25) is 0 Å². The maximum atomic E-state index is 12.8. The molecule has 2 aromatic rings. The molecule has 0 fully saturated rings. The Labute approximate surface area is 172 Å². The summed E-state index contributed by atoms with van der Waals surface area (Å²) < 4.78 is 10.1. The minimum absolute atomic E-state index is 0.0141. The van der Waals surface area contributed by atoms with Crippen molar-refractivity contribution in [1.29, 1.82) is 0 Å². The van der Waals surface area contributed by atoms with Gasteiger partial charge in [-0.15, -0.1) is 0 Å². The van der Waals surface area contributed by atoms with Gasteiger partial charge >= 0.3 is 11.9 Å². The number of hydrogen-bond donors (Lipinski definition) is 2. The molecule has 8 nitrogen and oxygen atoms in total. The quantitative estimate of drug-likeness (QED) is 0.307. The minimum Gasteiger partial charge on any atom is -0.466 e. The van der Waals surface area contributed by atoms with E-state index in [0.717, 1.165) is 0 Å². The van der Waals surface area contributed by atoms with Crippen molar-refractivity contribution in [2.45, 2.75) is 27.2 Å². The summed E-state index contributed by atoms with van der Waals surface area (Å²) in [4.78, 5) is 40.5. The summed E-state index contributed by atoms with van der Waals surface area (Å²) in [5, 5.41) is 12.8. The first-order chi connectivity index (χ1) is 13.8. The standard InChI is InChI=1S/C20H21ClN2O6/c1-4-28-15(24)10-14-16(11(3)23-27)19(25)22-18(17(14)20(26)29-5-2)12-6-8-13(21)9-7-12/h6-9,27H,4-5,10H2,1-3H3,(H,22,25)/b23-11+. The van der Waals surface area contributed by atoms with Gasteiger partial charge in [0.15, 0.2) is 0 Å². The molecule has 0 aliphatic carbocycles. The molecule has 0 spiro atoms. The van der Waals surface area contributed by atoms with Crippen LogP contribution in [0.3, 0.4) is 0 Å². The number of carbonyl (C=O) groups excluding carboxylic acids is 2. The average molecular weight is 421 g/mol. The number of aromatic nitrogens is 1. The van der Waals surface area contributed by atoms with Gasteiger partial charge in [-0.1, -0.05) is 28.9 Å². The molecule has 0 radical (unpaired) electrons. The molecule has 2 N–H and O–H groups in total. The third-order valence-corrected chi connectivity index (χ3v) is 4.32. The van der Waals surface area contributed by atoms with Crippen molar-refractivity contribution in [1.82, 2.24) is 4.98 Å². The van der Waals surface area contributed by atoms with Crippen LogP contribution in [0.2, 0.25) is 5.02 Å². The van der Waals surface area contributed by atoms with E-state index < -0.39 is 17.5 Å². The fourth-order valence-corrected chi connectivity index (χ4v) is 3.00. The number of oxime groups is 1. The van der Waals surface area contributed by atoms with Crippen molar-refractivity contribution in [3.05, 3.63) is 56.3 Å². The van der Waals surface area contributed by atoms with Gasteiger partial charge in [0, 0.05) is 5.02 Å². The van der Waals surface area contributed by atoms with E-state index in [4.69, 9.17) is 21.1 Å². The van der Waals surface area contributed by atoms with Crippen LogP contribution in [0.4, 0.5) is 0 Å². The zero-order valence-corrected chi connectivity index (χ0v) is 17.0. The molecule has 0 aliphatic heterocycles. The molecule has 0 amide bonds. The van der Waals surface area contributed by atoms with Gasteiger partial charge in [0.05, 0.1) is 42.2 Å². The number of carbonyl (C=O) groups is 2. The summed E-state index contributed by atoms with van der Waals surface area (Å²) in [6.07, 6.45) is -0.380. The minimum atomic E-state index is -0.736. The topological polar surface area (TPSA) is 118 Å². The van der Waals surface area contributed by atoms with E-state index in [1.165, 1.54) is 6.92 Å². The molecule has 0 saturated carbocycles. The zero-order chi connectivity index (χ0) is 21.6. The van der Waals surface area contributed by atoms with E-state index in [-0.39, 0.29) is 47.7 Å². The van der Waals surface area contributed by atoms with Gasteiger partial charge in [-0.3, -0.25) is 9.59 Å². The number of H-pyrrole nitrogens is 1. The predicted octanol–water partition coefficient (Wildman–Crippen LogP) is 3.18. The maximum Gasteiger partial charge on any atom is 0.340 e. The Kier molecular flexibility index (Phi) is 7.55. The molecule has 154 valence electrons. The van der Waals surface area contributed by atoms with E-state index in [1.54, 1.807) is 38.1 Å². The smallest absolute Gasteiger partial charge is 0.340 e. The lowest BCUT2D eigenvalue weighted by atomic mass is 9.93. The molecule has 1 heterocycles. The summed E-state index contributed by atoms with van der Waals surface area (Å²) in [5.41, 5.74) is -0.0768. The number of ether oxygens (including phenoxy) is 2. The van der Waals surface area contributed by atoms with Gasteiger partial charge in [-0.05, 0) is 44.0 Å². The fraction of sp³-hybridized carbons (Fsp3) is 0.300. The first kappa shape index (κ1) is 22.2. The number of halogens is 1. The molecule has 0 atom stereocenters. The highest BCUT2D eigenvalue weighted by atomic mass is 35.5. The number of aromatic amines is 1. The van der Waals surface area contributed by atoms with Crippen LogP contribution in [0.1, 0.15) is 42.3 Å². The lowest BCUT2D eigenvalue weighted by Crippen LogP contribution is -2.27. The van der Waals surface area contributed by atoms with Crippen LogP contribution >= 0.6 is 11.6 Å². The van der Waals surface area contributed by atoms with Crippen LogP contribution in [0, 0.1) is 0 Å². The molecular weight excluding hydrogens is 400 g/mol. The van der Waals surface area contributed by atoms with Crippen LogP contribution in [-0.2, 0) is 20.7 Å². The van der Waals surface area contributed by atoms with Gasteiger partial charge in [-0.2, -0.15) is 0 Å². The third kappa shape index (κ3) is 5.03. The molecule has 1 aromatic heterocycles. The van der Waals surface area contributed by atoms with Crippen molar-refractivity contribution in [2.75, 3.05) is 13.2 Å². The van der Waals surface area contributed by atoms with Gasteiger partial charge in [-0.25, -0.2) is 4.79 Å². The molecule has 9 heteroatoms. The summed E-state index contributed by atoms with van der Waals surface area (Å²) >= 11 is 5.93. The van der Waals surface area contributed by atoms with E-state index in [1.807, 2.05) is 0 Å². The van der Waals surface area contributed by atoms with Crippen molar-refractivity contribution in [3.8, 4) is 11.3 Å². The highest BCUT2D eigenvalue weighted by molar-refractivity contribution is 6.30. The first-order valence-corrected chi connectivity index (χ1v) is 9.28. The molecule has 0 saturated heterocycles. The summed E-state index contributed by atoms with van der Waals surface area (Å²) in [5.74, 6) is -1.38. The molecule has 0 aliphatic rings. The predicted molar refractivity (Wildman–Crippen MR) is 108 cm³/mol. The second-order valence-electron chi connectivity index (χ2n) is 5.95. The number of nitrogens with zero attached hydrogens (tertiary/aromatic N) is 1. The number of rotatable bonds is 7. The van der Waals surface area contributed by atoms with E-state index in [0.29, 0.717) is 10.6 Å². The van der Waals surface area contributed by atoms with E-state index >= 15 is 0 Å². The SMILES string of the molecule is CCOC(=O)Cc1c(C(=O)OCC)c(-c2ccc(Cl)cc2)[nH]c(=O)c1/C(C)=N/O. The lowest BCUT2D eigenvalue weighted by molar-refractivity contribution is -0.142. The molecular formula is C20H21ClN2O6. The summed E-state index contributed by atoms with van der Waals surface area (Å²) in [6, 6.07) is 6.45. The third-order valence-electron chi connectivity index (χ3n) is 4.07. The van der Waals surface area contributed by atoms with E-state index in [2.05, 4.69) is 10.1 Å². The molecule has 1 aromatic carbocycles. The summed E-state index contributed by atoms with van der Waals surface area (Å²) in [6.45, 7) is 4.87. The normalized spacial score (nSPS) is 11.2. The van der Waals surface area contributed by atoms with Crippen molar-refractivity contribution in [3.63, 3.8) is 0 Å². The highest BCUT2D eigenvalue weighted by Crippen LogP contribution is 2.28. The Morgan fingerprint density at radius 1 is 1.10 bits per heavy atom. The second-order valence-corrected chi connectivity index (χ2v) is 6.39.